The first-order valence-electron chi connectivity index (χ1n) is 10.1. The highest BCUT2D eigenvalue weighted by atomic mass is 19.1. The Kier molecular flexibility index (Phi) is 5.60. The van der Waals surface area contributed by atoms with Crippen molar-refractivity contribution in [2.24, 2.45) is 5.92 Å². The van der Waals surface area contributed by atoms with Crippen LogP contribution in [0.4, 0.5) is 33.2 Å². The standard InChI is InChI=1S/C23H26FN5/c1-16-11-13-29(14-12-16)19-9-7-18(8-10-19)26-23-25-17(2)15-22(28-23)27-21-6-4-3-5-20(21)24/h3-10,15-16H,11-14H2,1-2H3,(H2,25,26,27,28). The van der Waals surface area contributed by atoms with Gasteiger partial charge in [0.2, 0.25) is 5.95 Å². The van der Waals surface area contributed by atoms with Crippen molar-refractivity contribution in [1.29, 1.82) is 0 Å². The minimum absolute atomic E-state index is 0.319. The van der Waals surface area contributed by atoms with Crippen molar-refractivity contribution in [2.75, 3.05) is 28.6 Å². The zero-order valence-corrected chi connectivity index (χ0v) is 16.8. The van der Waals surface area contributed by atoms with Gasteiger partial charge in [0.15, 0.2) is 0 Å². The molecule has 2 N–H and O–H groups in total. The van der Waals surface area contributed by atoms with Gasteiger partial charge in [0.1, 0.15) is 11.6 Å². The molecule has 0 atom stereocenters. The number of para-hydroxylation sites is 1. The number of rotatable bonds is 5. The largest absolute Gasteiger partial charge is 0.372 e. The zero-order chi connectivity index (χ0) is 20.2. The van der Waals surface area contributed by atoms with Gasteiger partial charge in [-0.25, -0.2) is 9.37 Å². The van der Waals surface area contributed by atoms with Gasteiger partial charge < -0.3 is 15.5 Å². The summed E-state index contributed by atoms with van der Waals surface area (Å²) in [7, 11) is 0. The zero-order valence-electron chi connectivity index (χ0n) is 16.8. The van der Waals surface area contributed by atoms with E-state index in [1.54, 1.807) is 24.3 Å². The van der Waals surface area contributed by atoms with Crippen LogP contribution >= 0.6 is 0 Å². The first kappa shape index (κ1) is 19.2. The molecule has 1 aliphatic heterocycles. The van der Waals surface area contributed by atoms with Crippen LogP contribution in [0, 0.1) is 18.7 Å². The van der Waals surface area contributed by atoms with E-state index in [-0.39, 0.29) is 5.82 Å². The van der Waals surface area contributed by atoms with E-state index >= 15 is 0 Å². The summed E-state index contributed by atoms with van der Waals surface area (Å²) in [6.45, 7) is 6.43. The second-order valence-corrected chi connectivity index (χ2v) is 7.66. The highest BCUT2D eigenvalue weighted by Gasteiger charge is 2.16. The van der Waals surface area contributed by atoms with E-state index in [4.69, 9.17) is 0 Å². The van der Waals surface area contributed by atoms with Crippen LogP contribution < -0.4 is 15.5 Å². The molecule has 2 heterocycles. The lowest BCUT2D eigenvalue weighted by molar-refractivity contribution is 0.438. The normalized spacial score (nSPS) is 14.7. The third kappa shape index (κ3) is 4.83. The third-order valence-electron chi connectivity index (χ3n) is 5.26. The molecule has 0 saturated carbocycles. The molecular formula is C23H26FN5. The molecule has 0 radical (unpaired) electrons. The highest BCUT2D eigenvalue weighted by molar-refractivity contribution is 5.62. The first-order chi connectivity index (χ1) is 14.1. The maximum atomic E-state index is 13.9. The second-order valence-electron chi connectivity index (χ2n) is 7.66. The molecular weight excluding hydrogens is 365 g/mol. The van der Waals surface area contributed by atoms with E-state index in [1.165, 1.54) is 24.6 Å². The monoisotopic (exact) mass is 391 g/mol. The van der Waals surface area contributed by atoms with Gasteiger partial charge in [0, 0.05) is 36.2 Å². The Balaban J connectivity index is 1.46. The van der Waals surface area contributed by atoms with Crippen molar-refractivity contribution in [3.05, 3.63) is 66.1 Å². The fraction of sp³-hybridized carbons (Fsp3) is 0.304. The van der Waals surface area contributed by atoms with Crippen LogP contribution in [-0.2, 0) is 0 Å². The molecule has 2 aromatic carbocycles. The molecule has 29 heavy (non-hydrogen) atoms. The van der Waals surface area contributed by atoms with E-state index in [0.717, 1.165) is 30.4 Å². The lowest BCUT2D eigenvalue weighted by Crippen LogP contribution is -2.32. The number of hydrogen-bond donors (Lipinski definition) is 2. The first-order valence-corrected chi connectivity index (χ1v) is 10.1. The van der Waals surface area contributed by atoms with E-state index in [1.807, 2.05) is 19.1 Å². The number of hydrogen-bond acceptors (Lipinski definition) is 5. The molecule has 1 aromatic heterocycles. The van der Waals surface area contributed by atoms with E-state index in [0.29, 0.717) is 17.5 Å². The molecule has 150 valence electrons. The van der Waals surface area contributed by atoms with Crippen molar-refractivity contribution in [1.82, 2.24) is 9.97 Å². The van der Waals surface area contributed by atoms with E-state index in [9.17, 15) is 4.39 Å². The lowest BCUT2D eigenvalue weighted by atomic mass is 9.99. The predicted molar refractivity (Wildman–Crippen MR) is 117 cm³/mol. The van der Waals surface area contributed by atoms with E-state index in [2.05, 4.69) is 44.6 Å². The fourth-order valence-corrected chi connectivity index (χ4v) is 3.54. The van der Waals surface area contributed by atoms with Gasteiger partial charge in [-0.1, -0.05) is 19.1 Å². The summed E-state index contributed by atoms with van der Waals surface area (Å²) in [4.78, 5) is 11.4. The maximum Gasteiger partial charge on any atom is 0.229 e. The average Bonchev–Trinajstić information content (AvgIpc) is 2.71. The van der Waals surface area contributed by atoms with Crippen LogP contribution in [0.3, 0.4) is 0 Å². The van der Waals surface area contributed by atoms with Crippen LogP contribution in [0.2, 0.25) is 0 Å². The Labute approximate surface area is 171 Å². The molecule has 5 nitrogen and oxygen atoms in total. The molecule has 1 aliphatic rings. The summed E-state index contributed by atoms with van der Waals surface area (Å²) >= 11 is 0. The Morgan fingerprint density at radius 3 is 2.41 bits per heavy atom. The van der Waals surface area contributed by atoms with Gasteiger partial charge in [-0.15, -0.1) is 0 Å². The maximum absolute atomic E-state index is 13.9. The molecule has 3 aromatic rings. The van der Waals surface area contributed by atoms with Crippen molar-refractivity contribution in [2.45, 2.75) is 26.7 Å². The van der Waals surface area contributed by atoms with Crippen LogP contribution in [-0.4, -0.2) is 23.1 Å². The average molecular weight is 391 g/mol. The number of aromatic nitrogens is 2. The van der Waals surface area contributed by atoms with E-state index < -0.39 is 0 Å². The number of nitrogens with zero attached hydrogens (tertiary/aromatic N) is 3. The van der Waals surface area contributed by atoms with Crippen LogP contribution in [0.5, 0.6) is 0 Å². The Morgan fingerprint density at radius 1 is 0.966 bits per heavy atom. The third-order valence-corrected chi connectivity index (χ3v) is 5.26. The molecule has 0 spiro atoms. The van der Waals surface area contributed by atoms with Gasteiger partial charge in [-0.2, -0.15) is 4.98 Å². The number of aryl methyl sites for hydroxylation is 1. The smallest absolute Gasteiger partial charge is 0.229 e. The Bertz CT molecular complexity index is 965. The summed E-state index contributed by atoms with van der Waals surface area (Å²) in [5.41, 5.74) is 3.34. The van der Waals surface area contributed by atoms with Gasteiger partial charge in [-0.3, -0.25) is 0 Å². The quantitative estimate of drug-likeness (QED) is 0.589. The molecule has 0 bridgehead atoms. The van der Waals surface area contributed by atoms with Crippen LogP contribution in [0.1, 0.15) is 25.5 Å². The Morgan fingerprint density at radius 2 is 1.69 bits per heavy atom. The Hall–Kier alpha value is -3.15. The molecule has 0 aliphatic carbocycles. The number of piperidine rings is 1. The second kappa shape index (κ2) is 8.47. The van der Waals surface area contributed by atoms with Crippen LogP contribution in [0.25, 0.3) is 0 Å². The molecule has 0 unspecified atom stereocenters. The minimum Gasteiger partial charge on any atom is -0.372 e. The van der Waals surface area contributed by atoms with Crippen molar-refractivity contribution >= 4 is 28.8 Å². The number of benzene rings is 2. The van der Waals surface area contributed by atoms with Crippen molar-refractivity contribution in [3.8, 4) is 0 Å². The van der Waals surface area contributed by atoms with Crippen molar-refractivity contribution in [3.63, 3.8) is 0 Å². The number of anilines is 5. The summed E-state index contributed by atoms with van der Waals surface area (Å²) in [5.74, 6) is 1.52. The lowest BCUT2D eigenvalue weighted by Gasteiger charge is -2.32. The molecule has 6 heteroatoms. The highest BCUT2D eigenvalue weighted by Crippen LogP contribution is 2.26. The van der Waals surface area contributed by atoms with Gasteiger partial charge in [0.25, 0.3) is 0 Å². The summed E-state index contributed by atoms with van der Waals surface area (Å²) in [6.07, 6.45) is 2.49. The SMILES string of the molecule is Cc1cc(Nc2ccccc2F)nc(Nc2ccc(N3CCC(C)CC3)cc2)n1. The molecule has 4 rings (SSSR count). The molecule has 1 fully saturated rings. The summed E-state index contributed by atoms with van der Waals surface area (Å²) < 4.78 is 13.9. The van der Waals surface area contributed by atoms with Gasteiger partial charge in [0.05, 0.1) is 5.69 Å². The fourth-order valence-electron chi connectivity index (χ4n) is 3.54. The summed E-state index contributed by atoms with van der Waals surface area (Å²) in [6, 6.07) is 16.7. The predicted octanol–water partition coefficient (Wildman–Crippen LogP) is 5.65. The molecule has 1 saturated heterocycles. The number of nitrogens with one attached hydrogen (secondary N) is 2. The topological polar surface area (TPSA) is 53.1 Å². The molecule has 0 amide bonds. The van der Waals surface area contributed by atoms with Crippen LogP contribution in [0.15, 0.2) is 54.6 Å². The number of halogens is 1. The van der Waals surface area contributed by atoms with Crippen molar-refractivity contribution < 1.29 is 4.39 Å². The summed E-state index contributed by atoms with van der Waals surface area (Å²) in [5, 5.41) is 6.27. The van der Waals surface area contributed by atoms with Gasteiger partial charge >= 0.3 is 0 Å². The van der Waals surface area contributed by atoms with Gasteiger partial charge in [-0.05, 0) is 62.1 Å². The minimum atomic E-state index is -0.319.